The number of fused-ring (bicyclic) bond motifs is 1. The van der Waals surface area contributed by atoms with E-state index in [1.165, 1.54) is 15.1 Å². The van der Waals surface area contributed by atoms with Gasteiger partial charge in [-0.1, -0.05) is 0 Å². The minimum atomic E-state index is -0.321. The standard InChI is InChI=1S/C13H10BrN5O2/c14-9-1-2-13(21)18(7-9)8-12(20)17-11-3-5-15-10-4-6-16-19(10)11/h1-7H,8H2,(H,17,20). The molecule has 106 valence electrons. The zero-order valence-corrected chi connectivity index (χ0v) is 12.3. The molecule has 3 rings (SSSR count). The fraction of sp³-hybridized carbons (Fsp3) is 0.0769. The molecular formula is C13H10BrN5O2. The van der Waals surface area contributed by atoms with Gasteiger partial charge in [0.1, 0.15) is 12.4 Å². The van der Waals surface area contributed by atoms with Crippen molar-refractivity contribution < 1.29 is 4.79 Å². The number of rotatable bonds is 3. The van der Waals surface area contributed by atoms with E-state index in [0.717, 1.165) is 4.47 Å². The summed E-state index contributed by atoms with van der Waals surface area (Å²) in [6, 6.07) is 6.40. The highest BCUT2D eigenvalue weighted by Gasteiger charge is 2.08. The van der Waals surface area contributed by atoms with Crippen LogP contribution < -0.4 is 10.9 Å². The molecule has 0 unspecified atom stereocenters. The third-order valence-electron chi connectivity index (χ3n) is 2.82. The minimum Gasteiger partial charge on any atom is -0.309 e. The number of nitrogens with zero attached hydrogens (tertiary/aromatic N) is 4. The van der Waals surface area contributed by atoms with E-state index in [1.807, 2.05) is 0 Å². The Kier molecular flexibility index (Phi) is 3.53. The predicted molar refractivity (Wildman–Crippen MR) is 80.0 cm³/mol. The number of anilines is 1. The maximum Gasteiger partial charge on any atom is 0.251 e. The number of aromatic nitrogens is 4. The quantitative estimate of drug-likeness (QED) is 0.774. The van der Waals surface area contributed by atoms with Gasteiger partial charge in [0.25, 0.3) is 5.56 Å². The molecule has 0 fully saturated rings. The highest BCUT2D eigenvalue weighted by molar-refractivity contribution is 9.10. The third kappa shape index (κ3) is 2.84. The molecule has 7 nitrogen and oxygen atoms in total. The van der Waals surface area contributed by atoms with Crippen LogP contribution in [0.2, 0.25) is 0 Å². The molecule has 1 N–H and O–H groups in total. The number of hydrogen-bond acceptors (Lipinski definition) is 4. The molecule has 0 aromatic carbocycles. The summed E-state index contributed by atoms with van der Waals surface area (Å²) in [5.74, 6) is 0.177. The molecule has 0 aliphatic carbocycles. The van der Waals surface area contributed by atoms with E-state index in [4.69, 9.17) is 0 Å². The van der Waals surface area contributed by atoms with Crippen molar-refractivity contribution in [2.45, 2.75) is 6.54 Å². The lowest BCUT2D eigenvalue weighted by molar-refractivity contribution is -0.116. The van der Waals surface area contributed by atoms with Crippen LogP contribution in [-0.4, -0.2) is 25.1 Å². The maximum absolute atomic E-state index is 12.1. The van der Waals surface area contributed by atoms with Gasteiger partial charge in [0.2, 0.25) is 5.91 Å². The van der Waals surface area contributed by atoms with Gasteiger partial charge < -0.3 is 9.88 Å². The van der Waals surface area contributed by atoms with Gasteiger partial charge in [0, 0.05) is 29.0 Å². The minimum absolute atomic E-state index is 0.0800. The monoisotopic (exact) mass is 347 g/mol. The second kappa shape index (κ2) is 5.49. The van der Waals surface area contributed by atoms with Gasteiger partial charge in [-0.2, -0.15) is 9.61 Å². The van der Waals surface area contributed by atoms with Gasteiger partial charge in [0.15, 0.2) is 5.65 Å². The van der Waals surface area contributed by atoms with E-state index >= 15 is 0 Å². The molecule has 3 aromatic heterocycles. The van der Waals surface area contributed by atoms with Gasteiger partial charge in [0.05, 0.1) is 6.20 Å². The zero-order valence-electron chi connectivity index (χ0n) is 10.7. The second-order valence-corrected chi connectivity index (χ2v) is 5.21. The van der Waals surface area contributed by atoms with Crippen LogP contribution in [0.25, 0.3) is 5.65 Å². The van der Waals surface area contributed by atoms with Crippen LogP contribution in [0.1, 0.15) is 0 Å². The molecule has 0 radical (unpaired) electrons. The number of pyridine rings is 1. The van der Waals surface area contributed by atoms with Crippen molar-refractivity contribution in [3.63, 3.8) is 0 Å². The molecule has 0 saturated carbocycles. The van der Waals surface area contributed by atoms with Crippen LogP contribution >= 0.6 is 15.9 Å². The van der Waals surface area contributed by atoms with Crippen molar-refractivity contribution in [3.05, 3.63) is 57.7 Å². The Morgan fingerprint density at radius 2 is 2.10 bits per heavy atom. The van der Waals surface area contributed by atoms with E-state index in [-0.39, 0.29) is 18.0 Å². The SMILES string of the molecule is O=C(Cn1cc(Br)ccc1=O)Nc1ccnc2ccnn12. The summed E-state index contributed by atoms with van der Waals surface area (Å²) in [5, 5.41) is 6.79. The summed E-state index contributed by atoms with van der Waals surface area (Å²) < 4.78 is 3.57. The molecule has 0 aliphatic rings. The Hall–Kier alpha value is -2.48. The summed E-state index contributed by atoms with van der Waals surface area (Å²) in [6.07, 6.45) is 4.74. The van der Waals surface area contributed by atoms with Crippen LogP contribution in [0.5, 0.6) is 0 Å². The topological polar surface area (TPSA) is 81.3 Å². The lowest BCUT2D eigenvalue weighted by Crippen LogP contribution is -2.27. The van der Waals surface area contributed by atoms with E-state index in [2.05, 4.69) is 31.3 Å². The van der Waals surface area contributed by atoms with E-state index in [1.54, 1.807) is 36.8 Å². The number of carbonyl (C=O) groups is 1. The summed E-state index contributed by atoms with van der Waals surface area (Å²) in [5.41, 5.74) is 0.389. The number of halogens is 1. The number of carbonyl (C=O) groups excluding carboxylic acids is 1. The average molecular weight is 348 g/mol. The van der Waals surface area contributed by atoms with Gasteiger partial charge in [-0.05, 0) is 28.1 Å². The van der Waals surface area contributed by atoms with Gasteiger partial charge in [-0.25, -0.2) is 4.98 Å². The van der Waals surface area contributed by atoms with Crippen molar-refractivity contribution >= 4 is 33.3 Å². The Morgan fingerprint density at radius 3 is 2.95 bits per heavy atom. The van der Waals surface area contributed by atoms with Crippen LogP contribution in [0, 0.1) is 0 Å². The van der Waals surface area contributed by atoms with Gasteiger partial charge in [-0.15, -0.1) is 0 Å². The van der Waals surface area contributed by atoms with E-state index in [0.29, 0.717) is 11.5 Å². The summed E-state index contributed by atoms with van der Waals surface area (Å²) >= 11 is 3.27. The molecule has 1 amide bonds. The summed E-state index contributed by atoms with van der Waals surface area (Å²) in [6.45, 7) is -0.0800. The van der Waals surface area contributed by atoms with E-state index < -0.39 is 0 Å². The van der Waals surface area contributed by atoms with E-state index in [9.17, 15) is 9.59 Å². The first-order chi connectivity index (χ1) is 10.1. The lowest BCUT2D eigenvalue weighted by atomic mass is 10.4. The van der Waals surface area contributed by atoms with Gasteiger partial charge >= 0.3 is 0 Å². The molecule has 0 saturated heterocycles. The predicted octanol–water partition coefficient (Wildman–Crippen LogP) is 1.29. The molecule has 0 aliphatic heterocycles. The van der Waals surface area contributed by atoms with Crippen LogP contribution in [0.3, 0.4) is 0 Å². The Balaban J connectivity index is 1.82. The highest BCUT2D eigenvalue weighted by atomic mass is 79.9. The Morgan fingerprint density at radius 1 is 1.24 bits per heavy atom. The normalized spacial score (nSPS) is 10.7. The van der Waals surface area contributed by atoms with Crippen molar-refractivity contribution in [1.82, 2.24) is 19.2 Å². The largest absolute Gasteiger partial charge is 0.309 e. The molecule has 0 spiro atoms. The molecule has 3 aromatic rings. The van der Waals surface area contributed by atoms with Crippen molar-refractivity contribution in [2.24, 2.45) is 0 Å². The lowest BCUT2D eigenvalue weighted by Gasteiger charge is -2.08. The van der Waals surface area contributed by atoms with Crippen LogP contribution in [0.15, 0.2) is 52.1 Å². The molecule has 3 heterocycles. The molecule has 8 heteroatoms. The van der Waals surface area contributed by atoms with Crippen molar-refractivity contribution in [2.75, 3.05) is 5.32 Å². The molecule has 0 bridgehead atoms. The first-order valence-electron chi connectivity index (χ1n) is 6.08. The van der Waals surface area contributed by atoms with Crippen molar-refractivity contribution in [3.8, 4) is 0 Å². The second-order valence-electron chi connectivity index (χ2n) is 4.29. The molecular weight excluding hydrogens is 338 g/mol. The average Bonchev–Trinajstić information content (AvgIpc) is 2.92. The molecule has 21 heavy (non-hydrogen) atoms. The summed E-state index contributed by atoms with van der Waals surface area (Å²) in [7, 11) is 0. The van der Waals surface area contributed by atoms with Crippen LogP contribution in [0.4, 0.5) is 5.82 Å². The fourth-order valence-corrected chi connectivity index (χ4v) is 2.27. The number of amides is 1. The van der Waals surface area contributed by atoms with Crippen LogP contribution in [-0.2, 0) is 11.3 Å². The van der Waals surface area contributed by atoms with Gasteiger partial charge in [-0.3, -0.25) is 9.59 Å². The molecule has 0 atom stereocenters. The van der Waals surface area contributed by atoms with Crippen molar-refractivity contribution in [1.29, 1.82) is 0 Å². The number of nitrogens with one attached hydrogen (secondary N) is 1. The smallest absolute Gasteiger partial charge is 0.251 e. The number of hydrogen-bond donors (Lipinski definition) is 1. The fourth-order valence-electron chi connectivity index (χ4n) is 1.89. The first kappa shape index (κ1) is 13.5. The Bertz CT molecular complexity index is 870. The third-order valence-corrected chi connectivity index (χ3v) is 3.29. The summed E-state index contributed by atoms with van der Waals surface area (Å²) in [4.78, 5) is 27.8. The maximum atomic E-state index is 12.1. The first-order valence-corrected chi connectivity index (χ1v) is 6.87. The highest BCUT2D eigenvalue weighted by Crippen LogP contribution is 2.09. The Labute approximate surface area is 127 Å². The zero-order chi connectivity index (χ0) is 14.8.